The van der Waals surface area contributed by atoms with Crippen LogP contribution in [0.3, 0.4) is 0 Å². The zero-order chi connectivity index (χ0) is 16.2. The topological polar surface area (TPSA) is 47.5 Å². The lowest BCUT2D eigenvalue weighted by molar-refractivity contribution is -0.141. The zero-order valence-corrected chi connectivity index (χ0v) is 14.6. The Kier molecular flexibility index (Phi) is 4.78. The van der Waals surface area contributed by atoms with Crippen LogP contribution in [0.25, 0.3) is 0 Å². The lowest BCUT2D eigenvalue weighted by atomic mass is 9.73. The van der Waals surface area contributed by atoms with Gasteiger partial charge in [-0.1, -0.05) is 6.07 Å². The smallest absolute Gasteiger partial charge is 0.213 e. The van der Waals surface area contributed by atoms with E-state index < -0.39 is 0 Å². The van der Waals surface area contributed by atoms with Crippen molar-refractivity contribution in [3.63, 3.8) is 0 Å². The fraction of sp³-hybridized carbons (Fsp3) is 0.556. The first-order valence-corrected chi connectivity index (χ1v) is 9.48. The highest BCUT2D eigenvalue weighted by atomic mass is 32.1. The molecule has 2 aliphatic rings. The van der Waals surface area contributed by atoms with Gasteiger partial charge in [0.05, 0.1) is 19.3 Å². The number of aromatic nitrogens is 2. The zero-order valence-electron chi connectivity index (χ0n) is 13.8. The van der Waals surface area contributed by atoms with Crippen molar-refractivity contribution in [1.29, 1.82) is 0 Å². The van der Waals surface area contributed by atoms with Gasteiger partial charge in [-0.15, -0.1) is 11.3 Å². The van der Waals surface area contributed by atoms with Gasteiger partial charge in [-0.05, 0) is 25.3 Å². The van der Waals surface area contributed by atoms with Crippen LogP contribution in [-0.2, 0) is 11.3 Å². The molecule has 0 N–H and O–H groups in total. The average molecular weight is 345 g/mol. The first-order chi connectivity index (χ1) is 11.8. The van der Waals surface area contributed by atoms with Crippen LogP contribution < -0.4 is 4.74 Å². The van der Waals surface area contributed by atoms with Crippen LogP contribution in [0.4, 0.5) is 0 Å². The predicted octanol–water partition coefficient (Wildman–Crippen LogP) is 2.99. The molecule has 2 aromatic heterocycles. The van der Waals surface area contributed by atoms with Crippen LogP contribution in [0, 0.1) is 5.41 Å². The van der Waals surface area contributed by atoms with Crippen molar-refractivity contribution in [2.75, 3.05) is 26.3 Å². The first-order valence-electron chi connectivity index (χ1n) is 8.60. The molecule has 6 heteroatoms. The minimum Gasteiger partial charge on any atom is -0.477 e. The Morgan fingerprint density at radius 2 is 2.33 bits per heavy atom. The largest absolute Gasteiger partial charge is 0.477 e. The Hall–Kier alpha value is -1.50. The molecule has 5 nitrogen and oxygen atoms in total. The maximum atomic E-state index is 6.12. The highest BCUT2D eigenvalue weighted by Crippen LogP contribution is 2.41. The summed E-state index contributed by atoms with van der Waals surface area (Å²) in [4.78, 5) is 11.2. The number of pyridine rings is 1. The third-order valence-electron chi connectivity index (χ3n) is 5.05. The maximum Gasteiger partial charge on any atom is 0.213 e. The summed E-state index contributed by atoms with van der Waals surface area (Å²) in [6.45, 7) is 4.54. The van der Waals surface area contributed by atoms with Crippen LogP contribution >= 0.6 is 11.3 Å². The van der Waals surface area contributed by atoms with Crippen molar-refractivity contribution in [3.05, 3.63) is 41.0 Å². The van der Waals surface area contributed by atoms with E-state index in [1.54, 1.807) is 17.5 Å². The molecule has 0 amide bonds. The number of thiazole rings is 1. The van der Waals surface area contributed by atoms with Crippen LogP contribution in [0.5, 0.6) is 5.88 Å². The Bertz CT molecular complexity index is 637. The SMILES string of the molecule is c1ccc(OC[C@@]23CCCO[C@@H]2CCN(Cc2nccs2)C3)nc1. The fourth-order valence-corrected chi connectivity index (χ4v) is 4.56. The summed E-state index contributed by atoms with van der Waals surface area (Å²) in [5.41, 5.74) is 0.0608. The molecule has 0 spiro atoms. The van der Waals surface area contributed by atoms with Gasteiger partial charge in [-0.3, -0.25) is 4.90 Å². The van der Waals surface area contributed by atoms with E-state index in [0.717, 1.165) is 45.5 Å². The second-order valence-corrected chi connectivity index (χ2v) is 7.69. The summed E-state index contributed by atoms with van der Waals surface area (Å²) in [5.74, 6) is 0.702. The Labute approximate surface area is 146 Å². The number of ether oxygens (including phenoxy) is 2. The van der Waals surface area contributed by atoms with Crippen molar-refractivity contribution >= 4 is 11.3 Å². The minimum atomic E-state index is 0.0608. The molecule has 2 fully saturated rings. The van der Waals surface area contributed by atoms with Gasteiger partial charge in [0.1, 0.15) is 5.01 Å². The molecule has 0 radical (unpaired) electrons. The quantitative estimate of drug-likeness (QED) is 0.834. The van der Waals surface area contributed by atoms with E-state index in [1.165, 1.54) is 5.01 Å². The van der Waals surface area contributed by atoms with E-state index >= 15 is 0 Å². The summed E-state index contributed by atoms with van der Waals surface area (Å²) in [6.07, 6.45) is 7.28. The van der Waals surface area contributed by atoms with Crippen molar-refractivity contribution in [2.24, 2.45) is 5.41 Å². The Morgan fingerprint density at radius 1 is 1.33 bits per heavy atom. The summed E-state index contributed by atoms with van der Waals surface area (Å²) in [6, 6.07) is 5.80. The van der Waals surface area contributed by atoms with Gasteiger partial charge < -0.3 is 9.47 Å². The second kappa shape index (κ2) is 7.17. The van der Waals surface area contributed by atoms with E-state index in [-0.39, 0.29) is 5.41 Å². The number of hydrogen-bond donors (Lipinski definition) is 0. The highest BCUT2D eigenvalue weighted by Gasteiger charge is 2.46. The second-order valence-electron chi connectivity index (χ2n) is 6.71. The molecular formula is C18H23N3O2S. The molecule has 2 saturated heterocycles. The lowest BCUT2D eigenvalue weighted by Gasteiger charge is -2.50. The standard InChI is InChI=1S/C18H23N3O2S/c1-2-7-19-16(4-1)23-14-18-6-3-10-22-15(18)5-9-21(13-18)12-17-20-8-11-24-17/h1-2,4,7-8,11,15H,3,5-6,9-10,12-14H2/t15-,18+/m1/s1. The predicted molar refractivity (Wildman–Crippen MR) is 93.1 cm³/mol. The van der Waals surface area contributed by atoms with Gasteiger partial charge in [-0.2, -0.15) is 0 Å². The van der Waals surface area contributed by atoms with E-state index in [9.17, 15) is 0 Å². The van der Waals surface area contributed by atoms with E-state index in [1.807, 2.05) is 29.8 Å². The molecule has 2 aliphatic heterocycles. The minimum absolute atomic E-state index is 0.0608. The van der Waals surface area contributed by atoms with Crippen LogP contribution in [0.2, 0.25) is 0 Å². The lowest BCUT2D eigenvalue weighted by Crippen LogP contribution is -2.57. The summed E-state index contributed by atoms with van der Waals surface area (Å²) < 4.78 is 12.2. The van der Waals surface area contributed by atoms with E-state index in [2.05, 4.69) is 14.9 Å². The summed E-state index contributed by atoms with van der Waals surface area (Å²) in [5, 5.41) is 3.23. The molecule has 0 unspecified atom stereocenters. The number of piperidine rings is 1. The normalized spacial score (nSPS) is 27.6. The number of fused-ring (bicyclic) bond motifs is 1. The van der Waals surface area contributed by atoms with Crippen LogP contribution in [0.15, 0.2) is 36.0 Å². The highest BCUT2D eigenvalue weighted by molar-refractivity contribution is 7.09. The van der Waals surface area contributed by atoms with Gasteiger partial charge in [0.2, 0.25) is 5.88 Å². The monoisotopic (exact) mass is 345 g/mol. The molecule has 4 rings (SSSR count). The first kappa shape index (κ1) is 16.0. The van der Waals surface area contributed by atoms with Crippen molar-refractivity contribution in [1.82, 2.24) is 14.9 Å². The summed E-state index contributed by atoms with van der Waals surface area (Å²) in [7, 11) is 0. The van der Waals surface area contributed by atoms with Crippen LogP contribution in [0.1, 0.15) is 24.3 Å². The molecule has 0 aromatic carbocycles. The molecule has 0 saturated carbocycles. The number of rotatable bonds is 5. The fourth-order valence-electron chi connectivity index (χ4n) is 3.90. The molecule has 2 aromatic rings. The molecule has 24 heavy (non-hydrogen) atoms. The van der Waals surface area contributed by atoms with E-state index in [4.69, 9.17) is 9.47 Å². The third kappa shape index (κ3) is 3.45. The van der Waals surface area contributed by atoms with Crippen LogP contribution in [-0.4, -0.2) is 47.3 Å². The van der Waals surface area contributed by atoms with Gasteiger partial charge >= 0.3 is 0 Å². The molecule has 4 heterocycles. The average Bonchev–Trinajstić information content (AvgIpc) is 3.14. The number of hydrogen-bond acceptors (Lipinski definition) is 6. The molecular weight excluding hydrogens is 322 g/mol. The van der Waals surface area contributed by atoms with Crippen molar-refractivity contribution in [3.8, 4) is 5.88 Å². The van der Waals surface area contributed by atoms with E-state index in [0.29, 0.717) is 18.6 Å². The van der Waals surface area contributed by atoms with Gasteiger partial charge in [0, 0.05) is 49.0 Å². The van der Waals surface area contributed by atoms with Gasteiger partial charge in [-0.25, -0.2) is 9.97 Å². The van der Waals surface area contributed by atoms with Crippen molar-refractivity contribution < 1.29 is 9.47 Å². The molecule has 0 bridgehead atoms. The number of nitrogens with zero attached hydrogens (tertiary/aromatic N) is 3. The third-order valence-corrected chi connectivity index (χ3v) is 5.82. The Morgan fingerprint density at radius 3 is 3.17 bits per heavy atom. The molecule has 128 valence electrons. The van der Waals surface area contributed by atoms with Crippen molar-refractivity contribution in [2.45, 2.75) is 31.9 Å². The maximum absolute atomic E-state index is 6.12. The summed E-state index contributed by atoms with van der Waals surface area (Å²) >= 11 is 1.73. The molecule has 2 atom stereocenters. The molecule has 0 aliphatic carbocycles. The Balaban J connectivity index is 1.47. The number of likely N-dealkylation sites (tertiary alicyclic amines) is 1. The van der Waals surface area contributed by atoms with Gasteiger partial charge in [0.25, 0.3) is 0 Å². The van der Waals surface area contributed by atoms with Gasteiger partial charge in [0.15, 0.2) is 0 Å².